The molecule has 3 aliphatic heterocycles. The number of piperidine rings is 1. The molecular weight excluding hydrogens is 244 g/mol. The Morgan fingerprint density at radius 1 is 1.39 bits per heavy atom. The molecule has 3 heterocycles. The van der Waals surface area contributed by atoms with E-state index in [1.807, 2.05) is 0 Å². The Bertz CT molecular complexity index is 284. The van der Waals surface area contributed by atoms with Gasteiger partial charge in [-0.3, -0.25) is 4.90 Å². The highest BCUT2D eigenvalue weighted by Crippen LogP contribution is 2.40. The van der Waals surface area contributed by atoms with Crippen LogP contribution in [0.4, 0.5) is 0 Å². The normalized spacial score (nSPS) is 46.7. The molecule has 3 fully saturated rings. The molecule has 3 saturated heterocycles. The van der Waals surface area contributed by atoms with Gasteiger partial charge in [-0.2, -0.15) is 11.8 Å². The van der Waals surface area contributed by atoms with Crippen LogP contribution < -0.4 is 5.73 Å². The Morgan fingerprint density at radius 2 is 2.28 bits per heavy atom. The van der Waals surface area contributed by atoms with Crippen LogP contribution in [0.15, 0.2) is 0 Å². The molecule has 4 unspecified atom stereocenters. The van der Waals surface area contributed by atoms with Crippen LogP contribution in [0.2, 0.25) is 0 Å². The van der Waals surface area contributed by atoms with E-state index >= 15 is 0 Å². The van der Waals surface area contributed by atoms with Crippen molar-refractivity contribution in [1.29, 1.82) is 0 Å². The van der Waals surface area contributed by atoms with E-state index in [1.54, 1.807) is 0 Å². The van der Waals surface area contributed by atoms with Crippen molar-refractivity contribution in [2.75, 3.05) is 31.2 Å². The van der Waals surface area contributed by atoms with Gasteiger partial charge in [0.2, 0.25) is 0 Å². The Hall–Kier alpha value is 0.230. The summed E-state index contributed by atoms with van der Waals surface area (Å²) in [6.45, 7) is 5.62. The second-order valence-corrected chi connectivity index (χ2v) is 7.64. The standard InChI is InChI=1S/C14H26N2OS/c1-11-6-12(15)9-16(8-11)13-2-4-17-14(7-13)3-5-18-10-14/h11-13H,2-10,15H2,1H3. The predicted octanol–water partition coefficient (Wildman–Crippen LogP) is 1.71. The molecule has 2 N–H and O–H groups in total. The first-order chi connectivity index (χ1) is 8.67. The summed E-state index contributed by atoms with van der Waals surface area (Å²) in [5.74, 6) is 3.24. The molecule has 1 spiro atoms. The van der Waals surface area contributed by atoms with E-state index in [9.17, 15) is 0 Å². The second kappa shape index (κ2) is 5.31. The molecule has 3 nitrogen and oxygen atoms in total. The van der Waals surface area contributed by atoms with Crippen LogP contribution in [0.1, 0.15) is 32.6 Å². The molecule has 3 aliphatic rings. The number of hydrogen-bond donors (Lipinski definition) is 1. The van der Waals surface area contributed by atoms with Crippen LogP contribution in [0.3, 0.4) is 0 Å². The van der Waals surface area contributed by atoms with E-state index in [1.165, 1.54) is 43.7 Å². The fraction of sp³-hybridized carbons (Fsp3) is 1.00. The Kier molecular flexibility index (Phi) is 3.90. The summed E-state index contributed by atoms with van der Waals surface area (Å²) in [6, 6.07) is 1.09. The van der Waals surface area contributed by atoms with Gasteiger partial charge in [0, 0.05) is 37.5 Å². The summed E-state index contributed by atoms with van der Waals surface area (Å²) in [5.41, 5.74) is 6.40. The lowest BCUT2D eigenvalue weighted by molar-refractivity contribution is -0.0944. The predicted molar refractivity (Wildman–Crippen MR) is 77.0 cm³/mol. The van der Waals surface area contributed by atoms with Crippen molar-refractivity contribution in [3.63, 3.8) is 0 Å². The molecule has 0 saturated carbocycles. The van der Waals surface area contributed by atoms with Gasteiger partial charge in [0.05, 0.1) is 5.60 Å². The zero-order valence-corrected chi connectivity index (χ0v) is 12.3. The number of thioether (sulfide) groups is 1. The molecule has 0 amide bonds. The maximum atomic E-state index is 6.19. The van der Waals surface area contributed by atoms with E-state index in [0.29, 0.717) is 12.1 Å². The summed E-state index contributed by atoms with van der Waals surface area (Å²) < 4.78 is 6.12. The zero-order chi connectivity index (χ0) is 12.6. The van der Waals surface area contributed by atoms with Crippen molar-refractivity contribution >= 4 is 11.8 Å². The van der Waals surface area contributed by atoms with Gasteiger partial charge in [0.15, 0.2) is 0 Å². The van der Waals surface area contributed by atoms with Gasteiger partial charge in [-0.25, -0.2) is 0 Å². The molecule has 0 radical (unpaired) electrons. The highest BCUT2D eigenvalue weighted by Gasteiger charge is 2.42. The molecule has 18 heavy (non-hydrogen) atoms. The molecule has 3 rings (SSSR count). The minimum Gasteiger partial charge on any atom is -0.374 e. The summed E-state index contributed by atoms with van der Waals surface area (Å²) in [5, 5.41) is 0. The third kappa shape index (κ3) is 2.72. The molecule has 4 atom stereocenters. The van der Waals surface area contributed by atoms with Crippen LogP contribution in [0, 0.1) is 5.92 Å². The van der Waals surface area contributed by atoms with E-state index in [-0.39, 0.29) is 5.60 Å². The fourth-order valence-corrected chi connectivity index (χ4v) is 5.30. The van der Waals surface area contributed by atoms with Crippen molar-refractivity contribution in [3.05, 3.63) is 0 Å². The van der Waals surface area contributed by atoms with Crippen molar-refractivity contribution in [2.24, 2.45) is 11.7 Å². The number of ether oxygens (including phenoxy) is 1. The Balaban J connectivity index is 1.64. The van der Waals surface area contributed by atoms with Crippen LogP contribution in [-0.4, -0.2) is 53.8 Å². The molecule has 0 bridgehead atoms. The number of nitrogens with zero attached hydrogens (tertiary/aromatic N) is 1. The van der Waals surface area contributed by atoms with Gasteiger partial charge >= 0.3 is 0 Å². The summed E-state index contributed by atoms with van der Waals surface area (Å²) >= 11 is 2.06. The Morgan fingerprint density at radius 3 is 3.00 bits per heavy atom. The smallest absolute Gasteiger partial charge is 0.0795 e. The van der Waals surface area contributed by atoms with Gasteiger partial charge in [-0.05, 0) is 37.4 Å². The third-order valence-corrected chi connectivity index (χ3v) is 5.99. The Labute approximate surface area is 115 Å². The summed E-state index contributed by atoms with van der Waals surface area (Å²) in [7, 11) is 0. The van der Waals surface area contributed by atoms with E-state index in [4.69, 9.17) is 10.5 Å². The number of rotatable bonds is 1. The number of hydrogen-bond acceptors (Lipinski definition) is 4. The first-order valence-corrected chi connectivity index (χ1v) is 8.54. The van der Waals surface area contributed by atoms with E-state index in [2.05, 4.69) is 23.6 Å². The lowest BCUT2D eigenvalue weighted by atomic mass is 9.86. The fourth-order valence-electron chi connectivity index (χ4n) is 3.92. The minimum absolute atomic E-state index is 0.207. The van der Waals surface area contributed by atoms with Gasteiger partial charge in [0.1, 0.15) is 0 Å². The van der Waals surface area contributed by atoms with Crippen LogP contribution in [0.5, 0.6) is 0 Å². The van der Waals surface area contributed by atoms with Crippen LogP contribution in [0.25, 0.3) is 0 Å². The first-order valence-electron chi connectivity index (χ1n) is 7.38. The molecule has 0 aliphatic carbocycles. The van der Waals surface area contributed by atoms with Gasteiger partial charge in [0.25, 0.3) is 0 Å². The number of likely N-dealkylation sites (tertiary alicyclic amines) is 1. The monoisotopic (exact) mass is 270 g/mol. The summed E-state index contributed by atoms with van der Waals surface area (Å²) in [4.78, 5) is 2.66. The lowest BCUT2D eigenvalue weighted by Crippen LogP contribution is -2.55. The third-order valence-electron chi connectivity index (χ3n) is 4.77. The largest absolute Gasteiger partial charge is 0.374 e. The summed E-state index contributed by atoms with van der Waals surface area (Å²) in [6.07, 6.45) is 4.88. The minimum atomic E-state index is 0.207. The van der Waals surface area contributed by atoms with Crippen molar-refractivity contribution in [1.82, 2.24) is 4.90 Å². The van der Waals surface area contributed by atoms with Crippen LogP contribution in [-0.2, 0) is 4.74 Å². The van der Waals surface area contributed by atoms with Gasteiger partial charge in [-0.1, -0.05) is 6.92 Å². The molecule has 0 aromatic heterocycles. The van der Waals surface area contributed by atoms with Crippen molar-refractivity contribution < 1.29 is 4.74 Å². The molecule has 0 aromatic carbocycles. The van der Waals surface area contributed by atoms with Crippen molar-refractivity contribution in [2.45, 2.75) is 50.3 Å². The van der Waals surface area contributed by atoms with Gasteiger partial charge in [-0.15, -0.1) is 0 Å². The van der Waals surface area contributed by atoms with E-state index < -0.39 is 0 Å². The average molecular weight is 270 g/mol. The number of nitrogens with two attached hydrogens (primary N) is 1. The maximum absolute atomic E-state index is 6.19. The molecule has 104 valence electrons. The first kappa shape index (κ1) is 13.2. The molecule has 0 aromatic rings. The van der Waals surface area contributed by atoms with Crippen molar-refractivity contribution in [3.8, 4) is 0 Å². The zero-order valence-electron chi connectivity index (χ0n) is 11.4. The highest BCUT2D eigenvalue weighted by molar-refractivity contribution is 7.99. The maximum Gasteiger partial charge on any atom is 0.0795 e. The van der Waals surface area contributed by atoms with Gasteiger partial charge < -0.3 is 10.5 Å². The highest BCUT2D eigenvalue weighted by atomic mass is 32.2. The second-order valence-electron chi connectivity index (χ2n) is 6.54. The molecular formula is C14H26N2OS. The molecule has 4 heteroatoms. The average Bonchev–Trinajstić information content (AvgIpc) is 2.76. The SMILES string of the molecule is CC1CC(N)CN(C2CCOC3(CCSC3)C2)C1. The van der Waals surface area contributed by atoms with Crippen LogP contribution >= 0.6 is 11.8 Å². The topological polar surface area (TPSA) is 38.5 Å². The van der Waals surface area contributed by atoms with E-state index in [0.717, 1.165) is 19.1 Å². The quantitative estimate of drug-likeness (QED) is 0.787. The lowest BCUT2D eigenvalue weighted by Gasteiger charge is -2.46.